The van der Waals surface area contributed by atoms with Crippen LogP contribution in [0.1, 0.15) is 16.8 Å². The van der Waals surface area contributed by atoms with Crippen LogP contribution >= 0.6 is 15.9 Å². The number of imidazole rings is 1. The molecule has 0 unspecified atom stereocenters. The van der Waals surface area contributed by atoms with Gasteiger partial charge in [0.05, 0.1) is 5.69 Å². The Morgan fingerprint density at radius 1 is 1.14 bits per heavy atom. The minimum Gasteiger partial charge on any atom is -0.306 e. The first-order valence-electron chi connectivity index (χ1n) is 6.89. The number of benzene rings is 1. The van der Waals surface area contributed by atoms with Crippen molar-refractivity contribution in [2.24, 2.45) is 0 Å². The van der Waals surface area contributed by atoms with Gasteiger partial charge in [0.15, 0.2) is 0 Å². The van der Waals surface area contributed by atoms with E-state index in [1.165, 1.54) is 16.7 Å². The van der Waals surface area contributed by atoms with Crippen molar-refractivity contribution in [2.45, 2.75) is 6.42 Å². The highest BCUT2D eigenvalue weighted by Crippen LogP contribution is 2.28. The lowest BCUT2D eigenvalue weighted by molar-refractivity contribution is 1.19. The van der Waals surface area contributed by atoms with Crippen LogP contribution in [-0.2, 0) is 6.42 Å². The molecule has 4 rings (SSSR count). The maximum Gasteiger partial charge on any atom is 0.137 e. The number of rotatable bonds is 2. The van der Waals surface area contributed by atoms with Crippen molar-refractivity contribution in [3.63, 3.8) is 0 Å². The summed E-state index contributed by atoms with van der Waals surface area (Å²) in [4.78, 5) is 4.58. The molecule has 0 amide bonds. The standard InChI is InChI=1S/C18H13BrN2/c19-16-6-5-14-9-13(10-15(14)11-16)4-7-17-12-21-8-2-1-3-18(21)20-17/h1-9,11-12H,10H2/b7-4+. The monoisotopic (exact) mass is 336 g/mol. The minimum atomic E-state index is 0.977. The molecule has 2 aromatic heterocycles. The maximum atomic E-state index is 4.58. The highest BCUT2D eigenvalue weighted by Gasteiger charge is 2.10. The van der Waals surface area contributed by atoms with Gasteiger partial charge in [-0.1, -0.05) is 40.2 Å². The Balaban J connectivity index is 1.59. The summed E-state index contributed by atoms with van der Waals surface area (Å²) in [6.07, 6.45) is 11.5. The third-order valence-corrected chi connectivity index (χ3v) is 4.18. The summed E-state index contributed by atoms with van der Waals surface area (Å²) in [6.45, 7) is 0. The predicted octanol–water partition coefficient (Wildman–Crippen LogP) is 4.75. The Hall–Kier alpha value is -2.13. The van der Waals surface area contributed by atoms with Crippen LogP contribution in [0.15, 0.2) is 64.9 Å². The molecule has 3 heteroatoms. The summed E-state index contributed by atoms with van der Waals surface area (Å²) < 4.78 is 3.18. The molecule has 0 radical (unpaired) electrons. The molecule has 1 aliphatic carbocycles. The molecule has 0 saturated heterocycles. The van der Waals surface area contributed by atoms with Gasteiger partial charge >= 0.3 is 0 Å². The van der Waals surface area contributed by atoms with Crippen molar-refractivity contribution in [1.82, 2.24) is 9.38 Å². The molecule has 102 valence electrons. The van der Waals surface area contributed by atoms with Gasteiger partial charge in [-0.3, -0.25) is 0 Å². The minimum absolute atomic E-state index is 0.977. The maximum absolute atomic E-state index is 4.58. The second kappa shape index (κ2) is 5.01. The lowest BCUT2D eigenvalue weighted by Crippen LogP contribution is -1.82. The summed E-state index contributed by atoms with van der Waals surface area (Å²) in [5.74, 6) is 0. The van der Waals surface area contributed by atoms with Crippen molar-refractivity contribution in [2.75, 3.05) is 0 Å². The Morgan fingerprint density at radius 3 is 3.00 bits per heavy atom. The largest absolute Gasteiger partial charge is 0.306 e. The van der Waals surface area contributed by atoms with E-state index in [1.807, 2.05) is 35.0 Å². The summed E-state index contributed by atoms with van der Waals surface area (Å²) in [7, 11) is 0. The van der Waals surface area contributed by atoms with Crippen LogP contribution in [0.4, 0.5) is 0 Å². The average molecular weight is 337 g/mol. The Bertz CT molecular complexity index is 854. The topological polar surface area (TPSA) is 17.3 Å². The lowest BCUT2D eigenvalue weighted by atomic mass is 10.1. The van der Waals surface area contributed by atoms with E-state index in [1.54, 1.807) is 0 Å². The highest BCUT2D eigenvalue weighted by molar-refractivity contribution is 9.10. The molecular weight excluding hydrogens is 324 g/mol. The fourth-order valence-electron chi connectivity index (χ4n) is 2.67. The smallest absolute Gasteiger partial charge is 0.137 e. The van der Waals surface area contributed by atoms with Crippen LogP contribution in [0.25, 0.3) is 17.8 Å². The summed E-state index contributed by atoms with van der Waals surface area (Å²) >= 11 is 3.53. The first-order chi connectivity index (χ1) is 10.3. The van der Waals surface area contributed by atoms with E-state index < -0.39 is 0 Å². The molecule has 1 aliphatic rings. The first-order valence-corrected chi connectivity index (χ1v) is 7.68. The normalized spacial score (nSPS) is 13.9. The van der Waals surface area contributed by atoms with Crippen LogP contribution < -0.4 is 0 Å². The second-order valence-electron chi connectivity index (χ2n) is 5.20. The fraction of sp³-hybridized carbons (Fsp3) is 0.0556. The highest BCUT2D eigenvalue weighted by atomic mass is 79.9. The number of hydrogen-bond acceptors (Lipinski definition) is 1. The van der Waals surface area contributed by atoms with Crippen molar-refractivity contribution < 1.29 is 0 Å². The van der Waals surface area contributed by atoms with Crippen LogP contribution in [-0.4, -0.2) is 9.38 Å². The molecule has 2 heterocycles. The molecule has 0 N–H and O–H groups in total. The number of aromatic nitrogens is 2. The molecule has 0 fully saturated rings. The molecule has 2 nitrogen and oxygen atoms in total. The zero-order valence-electron chi connectivity index (χ0n) is 11.3. The number of nitrogens with zero attached hydrogens (tertiary/aromatic N) is 2. The SMILES string of the molecule is Brc1ccc2c(c1)CC(/C=C/c1cn3ccccc3n1)=C2. The Kier molecular flexibility index (Phi) is 3.00. The van der Waals surface area contributed by atoms with E-state index in [0.717, 1.165) is 22.2 Å². The third kappa shape index (κ3) is 2.45. The van der Waals surface area contributed by atoms with Crippen LogP contribution in [0, 0.1) is 0 Å². The summed E-state index contributed by atoms with van der Waals surface area (Å²) in [5, 5.41) is 0. The predicted molar refractivity (Wildman–Crippen MR) is 90.0 cm³/mol. The molecule has 1 aromatic carbocycles. The van der Waals surface area contributed by atoms with Crippen molar-refractivity contribution >= 4 is 33.7 Å². The van der Waals surface area contributed by atoms with Gasteiger partial charge < -0.3 is 4.40 Å². The van der Waals surface area contributed by atoms with Gasteiger partial charge in [-0.15, -0.1) is 0 Å². The van der Waals surface area contributed by atoms with Crippen molar-refractivity contribution in [3.8, 4) is 0 Å². The number of halogens is 1. The average Bonchev–Trinajstić information content (AvgIpc) is 3.07. The molecule has 21 heavy (non-hydrogen) atoms. The summed E-state index contributed by atoms with van der Waals surface area (Å²) in [5.41, 5.74) is 5.97. The van der Waals surface area contributed by atoms with E-state index in [9.17, 15) is 0 Å². The van der Waals surface area contributed by atoms with Gasteiger partial charge in [-0.2, -0.15) is 0 Å². The lowest BCUT2D eigenvalue weighted by Gasteiger charge is -1.97. The van der Waals surface area contributed by atoms with E-state index in [4.69, 9.17) is 0 Å². The number of hydrogen-bond donors (Lipinski definition) is 0. The van der Waals surface area contributed by atoms with E-state index >= 15 is 0 Å². The van der Waals surface area contributed by atoms with Gasteiger partial charge in [0.1, 0.15) is 5.65 Å². The number of pyridine rings is 1. The molecule has 0 bridgehead atoms. The number of fused-ring (bicyclic) bond motifs is 2. The van der Waals surface area contributed by atoms with Gasteiger partial charge in [0.25, 0.3) is 0 Å². The van der Waals surface area contributed by atoms with Gasteiger partial charge in [0, 0.05) is 16.9 Å². The van der Waals surface area contributed by atoms with Crippen LogP contribution in [0.2, 0.25) is 0 Å². The van der Waals surface area contributed by atoms with E-state index in [0.29, 0.717) is 0 Å². The van der Waals surface area contributed by atoms with E-state index in [-0.39, 0.29) is 0 Å². The van der Waals surface area contributed by atoms with Crippen molar-refractivity contribution in [3.05, 3.63) is 81.7 Å². The molecule has 0 aliphatic heterocycles. The first kappa shape index (κ1) is 12.6. The van der Waals surface area contributed by atoms with Crippen molar-refractivity contribution in [1.29, 1.82) is 0 Å². The quantitative estimate of drug-likeness (QED) is 0.660. The molecule has 0 spiro atoms. The zero-order valence-corrected chi connectivity index (χ0v) is 12.9. The van der Waals surface area contributed by atoms with Gasteiger partial charge in [-0.05, 0) is 53.5 Å². The molecule has 0 saturated carbocycles. The molecular formula is C18H13BrN2. The van der Waals surface area contributed by atoms with E-state index in [2.05, 4.69) is 57.3 Å². The van der Waals surface area contributed by atoms with Gasteiger partial charge in [-0.25, -0.2) is 4.98 Å². The van der Waals surface area contributed by atoms with Crippen LogP contribution in [0.5, 0.6) is 0 Å². The molecule has 3 aromatic rings. The Morgan fingerprint density at radius 2 is 2.10 bits per heavy atom. The number of allylic oxidation sites excluding steroid dienone is 2. The second-order valence-corrected chi connectivity index (χ2v) is 6.12. The third-order valence-electron chi connectivity index (χ3n) is 3.69. The Labute approximate surface area is 131 Å². The van der Waals surface area contributed by atoms with Crippen LogP contribution in [0.3, 0.4) is 0 Å². The summed E-state index contributed by atoms with van der Waals surface area (Å²) in [6, 6.07) is 12.5. The van der Waals surface area contributed by atoms with Gasteiger partial charge in [0.2, 0.25) is 0 Å². The fourth-order valence-corrected chi connectivity index (χ4v) is 3.08. The zero-order chi connectivity index (χ0) is 14.2. The molecule has 0 atom stereocenters.